The quantitative estimate of drug-likeness (QED) is 0.0782. The fourth-order valence-corrected chi connectivity index (χ4v) is 9.28. The summed E-state index contributed by atoms with van der Waals surface area (Å²) < 4.78 is 23.8. The number of phenols is 1. The molecule has 4 aromatic rings. The summed E-state index contributed by atoms with van der Waals surface area (Å²) in [5.41, 5.74) is 5.07. The van der Waals surface area contributed by atoms with Crippen molar-refractivity contribution in [3.63, 3.8) is 0 Å². The minimum atomic E-state index is -3.95. The number of nitrogens with zero attached hydrogens (tertiary/aromatic N) is 5. The number of sulfonamides is 1. The zero-order valence-corrected chi connectivity index (χ0v) is 30.4. The van der Waals surface area contributed by atoms with E-state index in [0.717, 1.165) is 16.1 Å². The van der Waals surface area contributed by atoms with Gasteiger partial charge in [-0.1, -0.05) is 35.2 Å². The molecule has 4 heterocycles. The van der Waals surface area contributed by atoms with Crippen molar-refractivity contribution >= 4 is 86.0 Å². The van der Waals surface area contributed by atoms with Gasteiger partial charge in [0, 0.05) is 17.2 Å². The number of carbonyl (C=O) groups is 4. The van der Waals surface area contributed by atoms with Crippen LogP contribution in [0.5, 0.6) is 5.75 Å². The fraction of sp³-hybridized carbons (Fsp3) is 0.200. The molecule has 9 N–H and O–H groups in total. The number of aliphatic carboxylic acids is 1. The van der Waals surface area contributed by atoms with Crippen molar-refractivity contribution in [1.82, 2.24) is 30.4 Å². The van der Waals surface area contributed by atoms with Gasteiger partial charge in [0.1, 0.15) is 39.6 Å². The van der Waals surface area contributed by atoms with Gasteiger partial charge < -0.3 is 26.6 Å². The van der Waals surface area contributed by atoms with E-state index < -0.39 is 62.5 Å². The molecule has 276 valence electrons. The van der Waals surface area contributed by atoms with Crippen LogP contribution < -0.4 is 32.0 Å². The summed E-state index contributed by atoms with van der Waals surface area (Å²) in [6, 6.07) is 6.20. The van der Waals surface area contributed by atoms with Gasteiger partial charge in [-0.05, 0) is 54.5 Å². The zero-order chi connectivity index (χ0) is 38.2. The van der Waals surface area contributed by atoms with E-state index in [2.05, 4.69) is 30.8 Å². The van der Waals surface area contributed by atoms with Crippen molar-refractivity contribution in [2.45, 2.75) is 33.6 Å². The Morgan fingerprint density at radius 2 is 1.83 bits per heavy atom. The molecular formula is C30H28N10O9S4. The van der Waals surface area contributed by atoms with Crippen LogP contribution in [0.2, 0.25) is 0 Å². The Labute approximate surface area is 311 Å². The summed E-state index contributed by atoms with van der Waals surface area (Å²) in [6.07, 6.45) is 0.977. The Morgan fingerprint density at radius 3 is 2.42 bits per heavy atom. The largest absolute Gasteiger partial charge is 0.508 e. The van der Waals surface area contributed by atoms with Crippen LogP contribution in [-0.2, 0) is 24.4 Å². The number of primary sulfonamides is 1. The van der Waals surface area contributed by atoms with Gasteiger partial charge in [0.15, 0.2) is 4.34 Å². The predicted octanol–water partition coefficient (Wildman–Crippen LogP) is 1.18. The molecule has 2 aromatic heterocycles. The Hall–Kier alpha value is -5.49. The topological polar surface area (TPSA) is 297 Å². The van der Waals surface area contributed by atoms with Gasteiger partial charge in [-0.3, -0.25) is 29.2 Å². The molecule has 0 spiro atoms. The number of aryl methyl sites for hydroxylation is 1. The predicted molar refractivity (Wildman–Crippen MR) is 194 cm³/mol. The number of H-pyrrole nitrogens is 1. The maximum Gasteiger partial charge on any atom is 0.352 e. The standard InChI is InChI=1S/C30H28N10O9S4/c1-13-37-38-30(52-13)51-12-15-11-50-26-20(25(44)40(26)22(15)27(45)46)35-24(43)21(14-2-6-17(41)7-3-14)39(28(31)47)19-10-33-29(36-23(19)42)34-16-4-8-18(9-5-16)53(32,48)49/h2-10,20-21,26,41H,11-12H2,1H3,(H2,31,47)(H,35,43)(H,45,46)(H2,32,48,49)(H2,33,34,36,42)/t20?,21?,26-/m0/s1. The first-order chi connectivity index (χ1) is 25.1. The number of phenolic OH excluding ortho intramolecular Hbond substituents is 1. The summed E-state index contributed by atoms with van der Waals surface area (Å²) in [6.45, 7) is 1.79. The highest BCUT2D eigenvalue weighted by molar-refractivity contribution is 8.01. The number of benzene rings is 2. The normalized spacial score (nSPS) is 17.4. The molecule has 0 radical (unpaired) electrons. The summed E-state index contributed by atoms with van der Waals surface area (Å²) in [5, 5.41) is 38.4. The lowest BCUT2D eigenvalue weighted by molar-refractivity contribution is -0.150. The van der Waals surface area contributed by atoms with E-state index in [1.54, 1.807) is 6.92 Å². The molecule has 19 nitrogen and oxygen atoms in total. The maximum atomic E-state index is 14.1. The van der Waals surface area contributed by atoms with Crippen LogP contribution in [0.4, 0.5) is 22.1 Å². The number of carboxylic acid groups (broad SMARTS) is 1. The van der Waals surface area contributed by atoms with Gasteiger partial charge in [0.25, 0.3) is 11.5 Å². The Morgan fingerprint density at radius 1 is 1.13 bits per heavy atom. The van der Waals surface area contributed by atoms with Gasteiger partial charge in [-0.25, -0.2) is 28.1 Å². The molecule has 0 aliphatic carbocycles. The third-order valence-electron chi connectivity index (χ3n) is 7.86. The average Bonchev–Trinajstić information content (AvgIpc) is 3.53. The van der Waals surface area contributed by atoms with Crippen molar-refractivity contribution in [1.29, 1.82) is 0 Å². The first-order valence-electron chi connectivity index (χ1n) is 15.1. The Balaban J connectivity index is 1.25. The van der Waals surface area contributed by atoms with E-state index in [4.69, 9.17) is 10.9 Å². The molecule has 4 amide bonds. The number of hydrogen-bond donors (Lipinski definition) is 7. The number of carbonyl (C=O) groups excluding carboxylic acids is 3. The van der Waals surface area contributed by atoms with Gasteiger partial charge in [-0.15, -0.1) is 22.0 Å². The molecule has 1 fully saturated rings. The SMILES string of the molecule is Cc1nnc(SCC2=C(C(=O)O)N3C(=O)C(NC(=O)C(c4ccc(O)cc4)N(C(N)=O)c4cnc(Nc5ccc(S(N)(=O)=O)cc5)[nH]c4=O)[C@@H]3SC2)s1. The molecular weight excluding hydrogens is 773 g/mol. The zero-order valence-electron chi connectivity index (χ0n) is 27.1. The van der Waals surface area contributed by atoms with Crippen LogP contribution in [0.15, 0.2) is 80.0 Å². The van der Waals surface area contributed by atoms with Gasteiger partial charge in [0.05, 0.1) is 11.1 Å². The van der Waals surface area contributed by atoms with Crippen LogP contribution in [0.1, 0.15) is 16.6 Å². The van der Waals surface area contributed by atoms with Gasteiger partial charge in [0.2, 0.25) is 21.9 Å². The number of anilines is 3. The lowest BCUT2D eigenvalue weighted by atomic mass is 10.00. The minimum absolute atomic E-state index is 0.0907. The number of hydrogen-bond acceptors (Lipinski definition) is 15. The summed E-state index contributed by atoms with van der Waals surface area (Å²) >= 11 is 3.89. The number of aromatic hydroxyl groups is 1. The summed E-state index contributed by atoms with van der Waals surface area (Å²) in [7, 11) is -3.95. The molecule has 0 saturated carbocycles. The molecule has 2 unspecified atom stereocenters. The first kappa shape index (κ1) is 37.3. The van der Waals surface area contributed by atoms with Crippen molar-refractivity contribution in [2.75, 3.05) is 21.7 Å². The smallest absolute Gasteiger partial charge is 0.352 e. The van der Waals surface area contributed by atoms with E-state index in [9.17, 15) is 42.6 Å². The first-order valence-corrected chi connectivity index (χ1v) is 19.5. The highest BCUT2D eigenvalue weighted by atomic mass is 32.2. The van der Waals surface area contributed by atoms with Crippen LogP contribution in [-0.4, -0.2) is 90.4 Å². The number of amides is 4. The van der Waals surface area contributed by atoms with Gasteiger partial charge in [-0.2, -0.15) is 0 Å². The number of rotatable bonds is 12. The monoisotopic (exact) mass is 800 g/mol. The van der Waals surface area contributed by atoms with Gasteiger partial charge >= 0.3 is 12.0 Å². The maximum absolute atomic E-state index is 14.1. The van der Waals surface area contributed by atoms with Crippen LogP contribution in [0.25, 0.3) is 0 Å². The number of thioether (sulfide) groups is 2. The van der Waals surface area contributed by atoms with Crippen LogP contribution >= 0.6 is 34.9 Å². The van der Waals surface area contributed by atoms with E-state index in [-0.39, 0.29) is 39.4 Å². The lowest BCUT2D eigenvalue weighted by Gasteiger charge is -2.49. The van der Waals surface area contributed by atoms with Crippen molar-refractivity contribution in [2.24, 2.45) is 10.9 Å². The molecule has 2 aliphatic rings. The van der Waals surface area contributed by atoms with Crippen LogP contribution in [0.3, 0.4) is 0 Å². The molecule has 2 aromatic carbocycles. The third-order valence-corrected chi connectivity index (χ3v) is 12.2. The number of nitrogens with one attached hydrogen (secondary N) is 3. The molecule has 6 rings (SSSR count). The fourth-order valence-electron chi connectivity index (χ4n) is 5.46. The number of nitrogens with two attached hydrogens (primary N) is 2. The highest BCUT2D eigenvalue weighted by Crippen LogP contribution is 2.42. The second-order valence-corrected chi connectivity index (χ2v) is 16.4. The van der Waals surface area contributed by atoms with Crippen LogP contribution in [0, 0.1) is 6.92 Å². The average molecular weight is 801 g/mol. The number of β-lactam (4-membered cyclic amide) rings is 1. The second kappa shape index (κ2) is 14.9. The molecule has 2 aliphatic heterocycles. The molecule has 1 saturated heterocycles. The summed E-state index contributed by atoms with van der Waals surface area (Å²) in [4.78, 5) is 74.5. The van der Waals surface area contributed by atoms with E-state index >= 15 is 0 Å². The number of primary amides is 1. The molecule has 23 heteroatoms. The molecule has 3 atom stereocenters. The van der Waals surface area contributed by atoms with Crippen molar-refractivity contribution in [3.05, 3.63) is 86.9 Å². The van der Waals surface area contributed by atoms with Crippen molar-refractivity contribution < 1.29 is 37.8 Å². The van der Waals surface area contributed by atoms with E-state index in [0.29, 0.717) is 20.5 Å². The number of fused-ring (bicyclic) bond motifs is 1. The number of urea groups is 1. The second-order valence-electron chi connectivity index (χ2n) is 11.4. The summed E-state index contributed by atoms with van der Waals surface area (Å²) in [5.74, 6) is -2.77. The van der Waals surface area contributed by atoms with E-state index in [1.165, 1.54) is 83.4 Å². The molecule has 0 bridgehead atoms. The lowest BCUT2D eigenvalue weighted by Crippen LogP contribution is -2.71. The third kappa shape index (κ3) is 7.83. The molecule has 53 heavy (non-hydrogen) atoms. The number of carboxylic acids is 1. The van der Waals surface area contributed by atoms with E-state index in [1.807, 2.05) is 0 Å². The van der Waals surface area contributed by atoms with Crippen molar-refractivity contribution in [3.8, 4) is 5.75 Å². The Bertz CT molecular complexity index is 2310. The number of aromatic amines is 1. The minimum Gasteiger partial charge on any atom is -0.508 e. The highest BCUT2D eigenvalue weighted by Gasteiger charge is 2.55. The Kier molecular flexibility index (Phi) is 10.5. The number of aromatic nitrogens is 4.